The van der Waals surface area contributed by atoms with Crippen molar-refractivity contribution >= 4 is 22.4 Å². The minimum Gasteiger partial charge on any atom is -0.361 e. The first-order valence-electron chi connectivity index (χ1n) is 12.4. The molecule has 31 heavy (non-hydrogen) atoms. The normalized spacial score (nSPS) is 38.2. The van der Waals surface area contributed by atoms with Crippen LogP contribution in [0.5, 0.6) is 0 Å². The Balaban J connectivity index is 1.14. The Bertz CT molecular complexity index is 1060. The number of H-pyrrole nitrogens is 1. The van der Waals surface area contributed by atoms with Crippen LogP contribution >= 0.6 is 0 Å². The van der Waals surface area contributed by atoms with Crippen molar-refractivity contribution in [3.8, 4) is 0 Å². The summed E-state index contributed by atoms with van der Waals surface area (Å²) in [6.45, 7) is 0.970. The molecule has 4 heteroatoms. The molecule has 1 amide bonds. The minimum atomic E-state index is 0.124. The molecule has 2 atom stereocenters. The number of likely N-dealkylation sites (N-methyl/N-ethyl adjacent to an activating group) is 1. The number of aromatic nitrogens is 1. The molecule has 2 N–H and O–H groups in total. The maximum Gasteiger partial charge on any atom is 0.221 e. The first kappa shape index (κ1) is 18.5. The quantitative estimate of drug-likeness (QED) is 0.775. The van der Waals surface area contributed by atoms with Crippen LogP contribution in [-0.2, 0) is 11.2 Å². The number of fused-ring (bicyclic) bond motifs is 2. The molecule has 162 valence electrons. The van der Waals surface area contributed by atoms with E-state index in [1.54, 1.807) is 0 Å². The molecule has 4 nitrogen and oxygen atoms in total. The van der Waals surface area contributed by atoms with Gasteiger partial charge in [-0.2, -0.15) is 0 Å². The van der Waals surface area contributed by atoms with E-state index < -0.39 is 0 Å². The molecule has 0 spiro atoms. The van der Waals surface area contributed by atoms with Crippen LogP contribution in [0.2, 0.25) is 0 Å². The number of amides is 1. The van der Waals surface area contributed by atoms with Gasteiger partial charge in [0.1, 0.15) is 0 Å². The van der Waals surface area contributed by atoms with E-state index in [0.717, 1.165) is 30.7 Å². The Labute approximate surface area is 184 Å². The molecule has 1 aromatic carbocycles. The highest BCUT2D eigenvalue weighted by molar-refractivity contribution is 5.98. The Morgan fingerprint density at radius 2 is 1.90 bits per heavy atom. The van der Waals surface area contributed by atoms with Crippen LogP contribution in [0.1, 0.15) is 56.1 Å². The van der Waals surface area contributed by atoms with Gasteiger partial charge in [-0.15, -0.1) is 0 Å². The summed E-state index contributed by atoms with van der Waals surface area (Å²) < 4.78 is 0. The summed E-state index contributed by atoms with van der Waals surface area (Å²) in [6, 6.07) is 7.02. The topological polar surface area (TPSA) is 48.1 Å². The van der Waals surface area contributed by atoms with Gasteiger partial charge in [0.15, 0.2) is 0 Å². The maximum absolute atomic E-state index is 13.2. The van der Waals surface area contributed by atoms with Crippen molar-refractivity contribution in [1.29, 1.82) is 0 Å². The van der Waals surface area contributed by atoms with E-state index >= 15 is 0 Å². The molecule has 1 aromatic heterocycles. The number of hydrogen-bond acceptors (Lipinski definition) is 2. The standard InChI is InChI=1S/C27H33N3O/c1-30-15-19(8-22-21-3-2-4-23-26(21)20(14-28-23)10-24(22)30)9-25(31)29-27-11-16-5-17(12-27)7-18(6-16)13-27/h2-4,8,14,16-19,24,28H,5-7,9-13,15H2,1H3,(H,29,31)/t16?,17?,18?,19?,24-,27?/m0/s1. The van der Waals surface area contributed by atoms with Gasteiger partial charge < -0.3 is 10.3 Å². The fourth-order valence-corrected chi connectivity index (χ4v) is 8.52. The number of nitrogens with zero attached hydrogens (tertiary/aromatic N) is 1. The zero-order chi connectivity index (χ0) is 20.7. The number of hydrogen-bond donors (Lipinski definition) is 2. The van der Waals surface area contributed by atoms with Crippen molar-refractivity contribution in [3.63, 3.8) is 0 Å². The Hall–Kier alpha value is -2.07. The molecule has 8 rings (SSSR count). The van der Waals surface area contributed by atoms with Gasteiger partial charge in [-0.1, -0.05) is 18.2 Å². The minimum absolute atomic E-state index is 0.124. The molecule has 1 aliphatic heterocycles. The summed E-state index contributed by atoms with van der Waals surface area (Å²) in [5, 5.41) is 4.98. The molecule has 1 unspecified atom stereocenters. The van der Waals surface area contributed by atoms with Crippen molar-refractivity contribution in [2.45, 2.75) is 62.9 Å². The third kappa shape index (κ3) is 2.87. The predicted molar refractivity (Wildman–Crippen MR) is 124 cm³/mol. The largest absolute Gasteiger partial charge is 0.361 e. The zero-order valence-corrected chi connectivity index (χ0v) is 18.5. The second-order valence-electron chi connectivity index (χ2n) is 11.5. The third-order valence-electron chi connectivity index (χ3n) is 9.23. The van der Waals surface area contributed by atoms with Crippen molar-refractivity contribution in [3.05, 3.63) is 41.6 Å². The van der Waals surface area contributed by atoms with Crippen molar-refractivity contribution < 1.29 is 4.79 Å². The van der Waals surface area contributed by atoms with E-state index in [4.69, 9.17) is 0 Å². The number of carbonyl (C=O) groups is 1. The summed E-state index contributed by atoms with van der Waals surface area (Å²) in [5.41, 5.74) is 5.58. The highest BCUT2D eigenvalue weighted by Crippen LogP contribution is 2.55. The van der Waals surface area contributed by atoms with Gasteiger partial charge in [0.2, 0.25) is 5.91 Å². The van der Waals surface area contributed by atoms with Gasteiger partial charge in [-0.3, -0.25) is 9.69 Å². The monoisotopic (exact) mass is 415 g/mol. The number of rotatable bonds is 3. The molecule has 0 saturated heterocycles. The van der Waals surface area contributed by atoms with Gasteiger partial charge in [0, 0.05) is 41.6 Å². The summed E-state index contributed by atoms with van der Waals surface area (Å²) >= 11 is 0. The molecule has 4 fully saturated rings. The average Bonchev–Trinajstić information content (AvgIpc) is 3.12. The van der Waals surface area contributed by atoms with Crippen molar-refractivity contribution in [1.82, 2.24) is 15.2 Å². The maximum atomic E-state index is 13.2. The highest BCUT2D eigenvalue weighted by Gasteiger charge is 2.51. The second-order valence-corrected chi connectivity index (χ2v) is 11.5. The van der Waals surface area contributed by atoms with Gasteiger partial charge >= 0.3 is 0 Å². The van der Waals surface area contributed by atoms with E-state index in [-0.39, 0.29) is 11.4 Å². The number of carbonyl (C=O) groups excluding carboxylic acids is 1. The van der Waals surface area contributed by atoms with E-state index in [0.29, 0.717) is 18.4 Å². The molecule has 2 aromatic rings. The number of benzene rings is 1. The van der Waals surface area contributed by atoms with Crippen molar-refractivity contribution in [2.75, 3.05) is 13.6 Å². The van der Waals surface area contributed by atoms with E-state index in [2.05, 4.69) is 52.7 Å². The van der Waals surface area contributed by atoms with Gasteiger partial charge in [-0.05, 0) is 98.4 Å². The summed E-state index contributed by atoms with van der Waals surface area (Å²) in [4.78, 5) is 19.2. The molecule has 6 aliphatic rings. The predicted octanol–water partition coefficient (Wildman–Crippen LogP) is 4.51. The molecule has 0 radical (unpaired) electrons. The first-order chi connectivity index (χ1) is 15.1. The Morgan fingerprint density at radius 3 is 2.65 bits per heavy atom. The van der Waals surface area contributed by atoms with Gasteiger partial charge in [-0.25, -0.2) is 0 Å². The molecule has 4 saturated carbocycles. The van der Waals surface area contributed by atoms with E-state index in [1.807, 2.05) is 0 Å². The second kappa shape index (κ2) is 6.48. The van der Waals surface area contributed by atoms with Crippen LogP contribution in [0.25, 0.3) is 16.5 Å². The van der Waals surface area contributed by atoms with Gasteiger partial charge in [0.05, 0.1) is 0 Å². The summed E-state index contributed by atoms with van der Waals surface area (Å²) in [7, 11) is 2.24. The van der Waals surface area contributed by atoms with Gasteiger partial charge in [0.25, 0.3) is 0 Å². The lowest BCUT2D eigenvalue weighted by atomic mass is 9.53. The highest BCUT2D eigenvalue weighted by atomic mass is 16.1. The van der Waals surface area contributed by atoms with Crippen LogP contribution in [0.15, 0.2) is 30.5 Å². The third-order valence-corrected chi connectivity index (χ3v) is 9.23. The van der Waals surface area contributed by atoms with E-state index in [9.17, 15) is 4.79 Å². The average molecular weight is 416 g/mol. The van der Waals surface area contributed by atoms with Crippen LogP contribution < -0.4 is 5.32 Å². The Kier molecular flexibility index (Phi) is 3.86. The molecular weight excluding hydrogens is 382 g/mol. The molecule has 4 bridgehead atoms. The smallest absolute Gasteiger partial charge is 0.221 e. The Morgan fingerprint density at radius 1 is 1.16 bits per heavy atom. The molecule has 5 aliphatic carbocycles. The zero-order valence-electron chi connectivity index (χ0n) is 18.5. The van der Waals surface area contributed by atoms with Crippen LogP contribution in [0.3, 0.4) is 0 Å². The lowest BCUT2D eigenvalue weighted by Crippen LogP contribution is -2.60. The van der Waals surface area contributed by atoms with Crippen LogP contribution in [0.4, 0.5) is 0 Å². The fourth-order valence-electron chi connectivity index (χ4n) is 8.52. The number of nitrogens with one attached hydrogen (secondary N) is 2. The van der Waals surface area contributed by atoms with Crippen LogP contribution in [-0.4, -0.2) is 41.0 Å². The molecule has 2 heterocycles. The SMILES string of the molecule is CN1CC(CC(=O)NC23CC4CC(CC(C4)C2)C3)C=C2c3cccc4[nH]cc(c34)C[C@@H]21. The van der Waals surface area contributed by atoms with Crippen LogP contribution in [0, 0.1) is 23.7 Å². The lowest BCUT2D eigenvalue weighted by Gasteiger charge is -2.57. The summed E-state index contributed by atoms with van der Waals surface area (Å²) in [6.07, 6.45) is 14.3. The molecular formula is C27H33N3O. The number of aromatic amines is 1. The van der Waals surface area contributed by atoms with Crippen molar-refractivity contribution in [2.24, 2.45) is 23.7 Å². The fraction of sp³-hybridized carbons (Fsp3) is 0.593. The van der Waals surface area contributed by atoms with E-state index in [1.165, 1.54) is 66.1 Å². The summed E-state index contributed by atoms with van der Waals surface area (Å²) in [5.74, 6) is 3.18. The lowest BCUT2D eigenvalue weighted by molar-refractivity contribution is -0.127. The first-order valence-corrected chi connectivity index (χ1v) is 12.4.